The van der Waals surface area contributed by atoms with E-state index in [1.165, 1.54) is 23.5 Å². The minimum atomic E-state index is -0.106. The maximum atomic E-state index is 12.2. The Balaban J connectivity index is 1.22. The van der Waals surface area contributed by atoms with Crippen molar-refractivity contribution in [3.05, 3.63) is 61.2 Å². The highest BCUT2D eigenvalue weighted by Gasteiger charge is 2.09. The molecule has 13 heteroatoms. The molecule has 0 saturated heterocycles. The molecule has 35 heavy (non-hydrogen) atoms. The standard InChI is InChI=1S/C22H22N8O2S3/c1-29-13-23-27-21(29)33-11-19(31)25-15-3-7-17(8-4-15)35-18-9-5-16(6-10-18)26-20(32)12-34-22-28-24-14-30(22)2/h3-10,13-14H,11-12H2,1-2H3,(H,25,31)(H,26,32). The number of nitrogens with zero attached hydrogens (tertiary/aromatic N) is 6. The van der Waals surface area contributed by atoms with Gasteiger partial charge in [0.2, 0.25) is 11.8 Å². The van der Waals surface area contributed by atoms with E-state index in [-0.39, 0.29) is 23.3 Å². The zero-order valence-corrected chi connectivity index (χ0v) is 21.4. The Hall–Kier alpha value is -3.29. The number of carbonyl (C=O) groups excluding carboxylic acids is 2. The molecule has 0 bridgehead atoms. The van der Waals surface area contributed by atoms with Gasteiger partial charge in [0.25, 0.3) is 0 Å². The Morgan fingerprint density at radius 3 is 1.46 bits per heavy atom. The molecule has 2 amide bonds. The first-order valence-electron chi connectivity index (χ1n) is 10.4. The fraction of sp³-hybridized carbons (Fsp3) is 0.182. The lowest BCUT2D eigenvalue weighted by Crippen LogP contribution is -2.14. The fourth-order valence-electron chi connectivity index (χ4n) is 2.81. The van der Waals surface area contributed by atoms with E-state index in [9.17, 15) is 9.59 Å². The number of benzene rings is 2. The van der Waals surface area contributed by atoms with Crippen molar-refractivity contribution in [3.8, 4) is 0 Å². The third-order valence-corrected chi connectivity index (χ3v) is 7.60. The Kier molecular flexibility index (Phi) is 8.45. The summed E-state index contributed by atoms with van der Waals surface area (Å²) < 4.78 is 3.54. The maximum Gasteiger partial charge on any atom is 0.234 e. The van der Waals surface area contributed by atoms with Gasteiger partial charge < -0.3 is 19.8 Å². The van der Waals surface area contributed by atoms with Crippen molar-refractivity contribution >= 4 is 58.5 Å². The summed E-state index contributed by atoms with van der Waals surface area (Å²) >= 11 is 4.26. The highest BCUT2D eigenvalue weighted by atomic mass is 32.2. The quantitative estimate of drug-likeness (QED) is 0.299. The molecule has 0 aliphatic heterocycles. The van der Waals surface area contributed by atoms with Crippen LogP contribution in [0.3, 0.4) is 0 Å². The van der Waals surface area contributed by atoms with Crippen molar-refractivity contribution in [2.75, 3.05) is 22.1 Å². The third kappa shape index (κ3) is 7.34. The molecule has 0 saturated carbocycles. The van der Waals surface area contributed by atoms with Gasteiger partial charge in [-0.2, -0.15) is 0 Å². The molecule has 2 aromatic heterocycles. The molecule has 2 heterocycles. The Labute approximate surface area is 214 Å². The Morgan fingerprint density at radius 1 is 0.714 bits per heavy atom. The third-order valence-electron chi connectivity index (χ3n) is 4.52. The smallest absolute Gasteiger partial charge is 0.234 e. The molecule has 2 aromatic carbocycles. The van der Waals surface area contributed by atoms with Gasteiger partial charge >= 0.3 is 0 Å². The van der Waals surface area contributed by atoms with Gasteiger partial charge in [0, 0.05) is 35.3 Å². The van der Waals surface area contributed by atoms with Gasteiger partial charge in [-0.05, 0) is 48.5 Å². The van der Waals surface area contributed by atoms with Gasteiger partial charge in [0.1, 0.15) is 12.7 Å². The van der Waals surface area contributed by atoms with E-state index in [1.54, 1.807) is 33.6 Å². The van der Waals surface area contributed by atoms with E-state index < -0.39 is 0 Å². The minimum absolute atomic E-state index is 0.106. The first-order chi connectivity index (χ1) is 17.0. The number of aromatic nitrogens is 6. The summed E-state index contributed by atoms with van der Waals surface area (Å²) in [6.45, 7) is 0. The first-order valence-corrected chi connectivity index (χ1v) is 13.2. The molecule has 0 aliphatic carbocycles. The van der Waals surface area contributed by atoms with Crippen LogP contribution >= 0.6 is 35.3 Å². The summed E-state index contributed by atoms with van der Waals surface area (Å²) in [5.41, 5.74) is 1.46. The molecule has 4 aromatic rings. The molecular formula is C22H22N8O2S3. The molecule has 0 unspecified atom stereocenters. The van der Waals surface area contributed by atoms with Crippen molar-refractivity contribution < 1.29 is 9.59 Å². The number of nitrogens with one attached hydrogen (secondary N) is 2. The summed E-state index contributed by atoms with van der Waals surface area (Å²) in [4.78, 5) is 26.4. The predicted octanol–water partition coefficient (Wildman–Crippen LogP) is 3.56. The monoisotopic (exact) mass is 526 g/mol. The summed E-state index contributed by atoms with van der Waals surface area (Å²) in [6.07, 6.45) is 3.20. The van der Waals surface area contributed by atoms with E-state index in [1.807, 2.05) is 62.6 Å². The molecule has 0 aliphatic rings. The van der Waals surface area contributed by atoms with Crippen LogP contribution in [0.15, 0.2) is 81.3 Å². The van der Waals surface area contributed by atoms with Gasteiger partial charge in [-0.1, -0.05) is 35.3 Å². The number of aryl methyl sites for hydroxylation is 2. The molecule has 0 spiro atoms. The van der Waals surface area contributed by atoms with Crippen LogP contribution in [0, 0.1) is 0 Å². The Bertz CT molecular complexity index is 1190. The van der Waals surface area contributed by atoms with E-state index in [2.05, 4.69) is 31.0 Å². The highest BCUT2D eigenvalue weighted by Crippen LogP contribution is 2.29. The van der Waals surface area contributed by atoms with Crippen LogP contribution < -0.4 is 10.6 Å². The summed E-state index contributed by atoms with van der Waals surface area (Å²) in [5.74, 6) is 0.299. The van der Waals surface area contributed by atoms with Gasteiger partial charge in [-0.25, -0.2) is 0 Å². The van der Waals surface area contributed by atoms with Crippen LogP contribution in [-0.4, -0.2) is 52.8 Å². The van der Waals surface area contributed by atoms with Crippen molar-refractivity contribution in [2.45, 2.75) is 20.1 Å². The zero-order chi connectivity index (χ0) is 24.6. The van der Waals surface area contributed by atoms with E-state index in [0.717, 1.165) is 21.2 Å². The van der Waals surface area contributed by atoms with Crippen molar-refractivity contribution in [2.24, 2.45) is 14.1 Å². The minimum Gasteiger partial charge on any atom is -0.325 e. The first kappa shape index (κ1) is 24.8. The van der Waals surface area contributed by atoms with Gasteiger partial charge in [0.15, 0.2) is 10.3 Å². The van der Waals surface area contributed by atoms with Gasteiger partial charge in [-0.15, -0.1) is 20.4 Å². The largest absolute Gasteiger partial charge is 0.325 e. The maximum absolute atomic E-state index is 12.2. The highest BCUT2D eigenvalue weighted by molar-refractivity contribution is 8.00. The summed E-state index contributed by atoms with van der Waals surface area (Å²) in [7, 11) is 3.67. The second-order valence-corrected chi connectivity index (χ2v) is 10.3. The SMILES string of the molecule is Cn1cnnc1SCC(=O)Nc1ccc(Sc2ccc(NC(=O)CSc3nncn3C)cc2)cc1. The molecule has 0 atom stereocenters. The van der Waals surface area contributed by atoms with Gasteiger partial charge in [-0.3, -0.25) is 9.59 Å². The van der Waals surface area contributed by atoms with Crippen molar-refractivity contribution in [3.63, 3.8) is 0 Å². The number of anilines is 2. The predicted molar refractivity (Wildman–Crippen MR) is 138 cm³/mol. The lowest BCUT2D eigenvalue weighted by Gasteiger charge is -2.08. The molecule has 10 nitrogen and oxygen atoms in total. The lowest BCUT2D eigenvalue weighted by atomic mass is 10.3. The van der Waals surface area contributed by atoms with E-state index in [4.69, 9.17) is 0 Å². The fourth-order valence-corrected chi connectivity index (χ4v) is 5.00. The zero-order valence-electron chi connectivity index (χ0n) is 18.9. The van der Waals surface area contributed by atoms with Crippen LogP contribution in [-0.2, 0) is 23.7 Å². The normalized spacial score (nSPS) is 10.8. The summed E-state index contributed by atoms with van der Waals surface area (Å²) in [5, 5.41) is 22.7. The number of rotatable bonds is 10. The van der Waals surface area contributed by atoms with E-state index in [0.29, 0.717) is 10.3 Å². The molecule has 180 valence electrons. The summed E-state index contributed by atoms with van der Waals surface area (Å²) in [6, 6.07) is 15.3. The lowest BCUT2D eigenvalue weighted by molar-refractivity contribution is -0.114. The molecule has 0 radical (unpaired) electrons. The number of amides is 2. The van der Waals surface area contributed by atoms with Crippen molar-refractivity contribution in [1.82, 2.24) is 29.5 Å². The number of hydrogen-bond acceptors (Lipinski definition) is 9. The van der Waals surface area contributed by atoms with Crippen LogP contribution in [0.2, 0.25) is 0 Å². The molecule has 4 rings (SSSR count). The second-order valence-electron chi connectivity index (χ2n) is 7.27. The van der Waals surface area contributed by atoms with Crippen LogP contribution in [0.25, 0.3) is 0 Å². The van der Waals surface area contributed by atoms with Crippen molar-refractivity contribution in [1.29, 1.82) is 0 Å². The number of carbonyl (C=O) groups is 2. The topological polar surface area (TPSA) is 120 Å². The average molecular weight is 527 g/mol. The van der Waals surface area contributed by atoms with Crippen LogP contribution in [0.1, 0.15) is 0 Å². The number of hydrogen-bond donors (Lipinski definition) is 2. The van der Waals surface area contributed by atoms with E-state index >= 15 is 0 Å². The molecule has 0 fully saturated rings. The molecule has 2 N–H and O–H groups in total. The average Bonchev–Trinajstić information content (AvgIpc) is 3.46. The van der Waals surface area contributed by atoms with Crippen LogP contribution in [0.4, 0.5) is 11.4 Å². The molecular weight excluding hydrogens is 504 g/mol. The van der Waals surface area contributed by atoms with Crippen LogP contribution in [0.5, 0.6) is 0 Å². The second kappa shape index (κ2) is 11.9. The van der Waals surface area contributed by atoms with Gasteiger partial charge in [0.05, 0.1) is 11.5 Å². The Morgan fingerprint density at radius 2 is 1.11 bits per heavy atom. The number of thioether (sulfide) groups is 2.